The van der Waals surface area contributed by atoms with E-state index in [1.807, 2.05) is 37.3 Å². The number of ether oxygens (including phenoxy) is 1. The van der Waals surface area contributed by atoms with Crippen LogP contribution >= 0.6 is 11.6 Å². The molecule has 1 aromatic heterocycles. The standard InChI is InChI=1S/C20H22ClNO2/c1-13(23)10-18-14(2)22(12-15-4-6-16(21)7-5-15)20-9-8-17(24-3)11-19(18)20/h4-9,11,13,23H,10,12H2,1-3H3. The molecule has 0 amide bonds. The Bertz CT molecular complexity index is 850. The Morgan fingerprint density at radius 3 is 2.50 bits per heavy atom. The number of fused-ring (bicyclic) bond motifs is 1. The van der Waals surface area contributed by atoms with Gasteiger partial charge in [0.1, 0.15) is 5.75 Å². The number of aliphatic hydroxyl groups excluding tert-OH is 1. The molecule has 0 radical (unpaired) electrons. The molecule has 1 unspecified atom stereocenters. The monoisotopic (exact) mass is 343 g/mol. The third kappa shape index (κ3) is 3.28. The van der Waals surface area contributed by atoms with E-state index in [-0.39, 0.29) is 6.10 Å². The van der Waals surface area contributed by atoms with Gasteiger partial charge >= 0.3 is 0 Å². The highest BCUT2D eigenvalue weighted by Gasteiger charge is 2.16. The molecule has 0 saturated carbocycles. The van der Waals surface area contributed by atoms with Crippen molar-refractivity contribution in [1.29, 1.82) is 0 Å². The van der Waals surface area contributed by atoms with Crippen LogP contribution in [0.3, 0.4) is 0 Å². The molecule has 0 aliphatic rings. The lowest BCUT2D eigenvalue weighted by atomic mass is 10.0. The Morgan fingerprint density at radius 2 is 1.88 bits per heavy atom. The van der Waals surface area contributed by atoms with Crippen LogP contribution in [0.25, 0.3) is 10.9 Å². The Morgan fingerprint density at radius 1 is 1.17 bits per heavy atom. The van der Waals surface area contributed by atoms with Gasteiger partial charge in [-0.3, -0.25) is 0 Å². The van der Waals surface area contributed by atoms with Crippen molar-refractivity contribution in [2.75, 3.05) is 7.11 Å². The number of halogens is 1. The van der Waals surface area contributed by atoms with Crippen LogP contribution in [0.1, 0.15) is 23.7 Å². The molecule has 4 heteroatoms. The zero-order valence-electron chi connectivity index (χ0n) is 14.2. The Balaban J connectivity index is 2.12. The van der Waals surface area contributed by atoms with Crippen LogP contribution in [0.15, 0.2) is 42.5 Å². The van der Waals surface area contributed by atoms with E-state index in [2.05, 4.69) is 23.6 Å². The smallest absolute Gasteiger partial charge is 0.119 e. The quantitative estimate of drug-likeness (QED) is 0.735. The van der Waals surface area contributed by atoms with Crippen molar-refractivity contribution in [1.82, 2.24) is 4.57 Å². The molecule has 1 heterocycles. The molecule has 0 saturated heterocycles. The first-order valence-electron chi connectivity index (χ1n) is 8.08. The van der Waals surface area contributed by atoms with Crippen molar-refractivity contribution in [2.24, 2.45) is 0 Å². The minimum atomic E-state index is -0.385. The van der Waals surface area contributed by atoms with Crippen LogP contribution in [-0.2, 0) is 13.0 Å². The number of rotatable bonds is 5. The number of hydrogen-bond donors (Lipinski definition) is 1. The molecule has 126 valence electrons. The minimum absolute atomic E-state index is 0.385. The fraction of sp³-hybridized carbons (Fsp3) is 0.300. The maximum absolute atomic E-state index is 9.89. The lowest BCUT2D eigenvalue weighted by molar-refractivity contribution is 0.195. The number of aromatic nitrogens is 1. The topological polar surface area (TPSA) is 34.4 Å². The van der Waals surface area contributed by atoms with Crippen LogP contribution < -0.4 is 4.74 Å². The first-order valence-corrected chi connectivity index (χ1v) is 8.45. The van der Waals surface area contributed by atoms with Crippen LogP contribution in [0.2, 0.25) is 5.02 Å². The van der Waals surface area contributed by atoms with Gasteiger partial charge in [-0.25, -0.2) is 0 Å². The molecule has 3 rings (SSSR count). The fourth-order valence-electron chi connectivity index (χ4n) is 3.19. The summed E-state index contributed by atoms with van der Waals surface area (Å²) in [4.78, 5) is 0. The summed E-state index contributed by atoms with van der Waals surface area (Å²) in [6.07, 6.45) is 0.243. The van der Waals surface area contributed by atoms with Gasteiger partial charge in [0.15, 0.2) is 0 Å². The van der Waals surface area contributed by atoms with E-state index in [1.165, 1.54) is 16.8 Å². The first-order chi connectivity index (χ1) is 11.5. The summed E-state index contributed by atoms with van der Waals surface area (Å²) in [6, 6.07) is 14.0. The number of nitrogens with zero attached hydrogens (tertiary/aromatic N) is 1. The maximum atomic E-state index is 9.89. The molecule has 0 aliphatic carbocycles. The van der Waals surface area contributed by atoms with Gasteiger partial charge in [-0.05, 0) is 55.3 Å². The fourth-order valence-corrected chi connectivity index (χ4v) is 3.31. The molecule has 1 atom stereocenters. The van der Waals surface area contributed by atoms with E-state index in [0.717, 1.165) is 28.2 Å². The van der Waals surface area contributed by atoms with E-state index in [4.69, 9.17) is 16.3 Å². The average Bonchev–Trinajstić information content (AvgIpc) is 2.81. The van der Waals surface area contributed by atoms with Gasteiger partial charge in [-0.15, -0.1) is 0 Å². The van der Waals surface area contributed by atoms with Gasteiger partial charge in [-0.1, -0.05) is 23.7 Å². The van der Waals surface area contributed by atoms with Crippen molar-refractivity contribution in [3.8, 4) is 5.75 Å². The normalized spacial score (nSPS) is 12.5. The minimum Gasteiger partial charge on any atom is -0.497 e. The van der Waals surface area contributed by atoms with E-state index >= 15 is 0 Å². The molecule has 0 bridgehead atoms. The van der Waals surface area contributed by atoms with Crippen LogP contribution in [0.5, 0.6) is 5.75 Å². The third-order valence-electron chi connectivity index (χ3n) is 4.41. The summed E-state index contributed by atoms with van der Waals surface area (Å²) < 4.78 is 7.66. The second-order valence-electron chi connectivity index (χ2n) is 6.21. The molecule has 24 heavy (non-hydrogen) atoms. The molecule has 0 fully saturated rings. The summed E-state index contributed by atoms with van der Waals surface area (Å²) >= 11 is 5.99. The molecular formula is C20H22ClNO2. The zero-order valence-corrected chi connectivity index (χ0v) is 15.0. The summed E-state index contributed by atoms with van der Waals surface area (Å²) in [6.45, 7) is 4.70. The molecule has 0 aliphatic heterocycles. The Hall–Kier alpha value is -1.97. The number of methoxy groups -OCH3 is 1. The number of aliphatic hydroxyl groups is 1. The van der Waals surface area contributed by atoms with Crippen LogP contribution in [-0.4, -0.2) is 22.9 Å². The third-order valence-corrected chi connectivity index (χ3v) is 4.67. The van der Waals surface area contributed by atoms with E-state index in [9.17, 15) is 5.11 Å². The van der Waals surface area contributed by atoms with Crippen LogP contribution in [0, 0.1) is 6.92 Å². The van der Waals surface area contributed by atoms with Gasteiger partial charge in [0.05, 0.1) is 13.2 Å². The van der Waals surface area contributed by atoms with Gasteiger partial charge in [0, 0.05) is 34.6 Å². The molecule has 0 spiro atoms. The lowest BCUT2D eigenvalue weighted by Crippen LogP contribution is -2.07. The van der Waals surface area contributed by atoms with Gasteiger partial charge in [0.2, 0.25) is 0 Å². The van der Waals surface area contributed by atoms with Crippen molar-refractivity contribution in [3.63, 3.8) is 0 Å². The number of hydrogen-bond acceptors (Lipinski definition) is 2. The molecule has 3 nitrogen and oxygen atoms in total. The van der Waals surface area contributed by atoms with Crippen molar-refractivity contribution < 1.29 is 9.84 Å². The van der Waals surface area contributed by atoms with Gasteiger partial charge in [0.25, 0.3) is 0 Å². The molecule has 2 aromatic carbocycles. The molecular weight excluding hydrogens is 322 g/mol. The maximum Gasteiger partial charge on any atom is 0.119 e. The largest absolute Gasteiger partial charge is 0.497 e. The zero-order chi connectivity index (χ0) is 17.3. The SMILES string of the molecule is COc1ccc2c(c1)c(CC(C)O)c(C)n2Cc1ccc(Cl)cc1. The highest BCUT2D eigenvalue weighted by Crippen LogP contribution is 2.31. The highest BCUT2D eigenvalue weighted by atomic mass is 35.5. The second-order valence-corrected chi connectivity index (χ2v) is 6.65. The Labute approximate surface area is 147 Å². The summed E-state index contributed by atoms with van der Waals surface area (Å²) in [5.74, 6) is 0.831. The van der Waals surface area contributed by atoms with E-state index in [1.54, 1.807) is 7.11 Å². The summed E-state index contributed by atoms with van der Waals surface area (Å²) in [7, 11) is 1.67. The summed E-state index contributed by atoms with van der Waals surface area (Å²) in [5.41, 5.74) is 4.69. The van der Waals surface area contributed by atoms with Crippen molar-refractivity contribution >= 4 is 22.5 Å². The predicted molar refractivity (Wildman–Crippen MR) is 99.2 cm³/mol. The second kappa shape index (κ2) is 6.88. The summed E-state index contributed by atoms with van der Waals surface area (Å²) in [5, 5.41) is 11.8. The lowest BCUT2D eigenvalue weighted by Gasteiger charge is -2.10. The molecule has 3 aromatic rings. The molecule has 1 N–H and O–H groups in total. The Kier molecular flexibility index (Phi) is 4.83. The predicted octanol–water partition coefficient (Wildman–Crippen LogP) is 4.58. The van der Waals surface area contributed by atoms with Crippen molar-refractivity contribution in [3.05, 3.63) is 64.3 Å². The van der Waals surface area contributed by atoms with Gasteiger partial charge in [-0.2, -0.15) is 0 Å². The number of benzene rings is 2. The highest BCUT2D eigenvalue weighted by molar-refractivity contribution is 6.30. The van der Waals surface area contributed by atoms with Gasteiger partial charge < -0.3 is 14.4 Å². The van der Waals surface area contributed by atoms with E-state index in [0.29, 0.717) is 6.42 Å². The van der Waals surface area contributed by atoms with E-state index < -0.39 is 0 Å². The van der Waals surface area contributed by atoms with Crippen LogP contribution in [0.4, 0.5) is 0 Å². The average molecular weight is 344 g/mol. The first kappa shape index (κ1) is 16.9. The van der Waals surface area contributed by atoms with Crippen molar-refractivity contribution in [2.45, 2.75) is 32.9 Å².